The lowest BCUT2D eigenvalue weighted by Gasteiger charge is -2.20. The first kappa shape index (κ1) is 19.2. The van der Waals surface area contributed by atoms with Crippen LogP contribution in [0.1, 0.15) is 27.5 Å². The van der Waals surface area contributed by atoms with E-state index in [1.807, 2.05) is 60.7 Å². The molecule has 0 saturated heterocycles. The summed E-state index contributed by atoms with van der Waals surface area (Å²) in [6.45, 7) is 4.03. The van der Waals surface area contributed by atoms with Gasteiger partial charge in [-0.15, -0.1) is 0 Å². The predicted octanol–water partition coefficient (Wildman–Crippen LogP) is 4.78. The molecule has 0 aliphatic heterocycles. The monoisotopic (exact) mass is 373 g/mol. The third kappa shape index (κ3) is 4.80. The van der Waals surface area contributed by atoms with Crippen LogP contribution >= 0.6 is 0 Å². The molecule has 3 aromatic carbocycles. The van der Waals surface area contributed by atoms with E-state index in [4.69, 9.17) is 9.47 Å². The molecular formula is C24H23NO3. The maximum absolute atomic E-state index is 12.9. The van der Waals surface area contributed by atoms with Gasteiger partial charge in [0.15, 0.2) is 0 Å². The molecular weight excluding hydrogens is 350 g/mol. The number of benzene rings is 3. The zero-order chi connectivity index (χ0) is 19.8. The number of methoxy groups -OCH3 is 1. The molecule has 1 amide bonds. The number of hydrogen-bond donors (Lipinski definition) is 1. The second-order valence-corrected chi connectivity index (χ2v) is 6.22. The van der Waals surface area contributed by atoms with Crippen molar-refractivity contribution >= 4 is 5.91 Å². The topological polar surface area (TPSA) is 47.6 Å². The number of rotatable bonds is 8. The van der Waals surface area contributed by atoms with Crippen LogP contribution in [0.5, 0.6) is 11.5 Å². The van der Waals surface area contributed by atoms with Gasteiger partial charge in [-0.3, -0.25) is 4.79 Å². The summed E-state index contributed by atoms with van der Waals surface area (Å²) < 4.78 is 10.8. The minimum atomic E-state index is -0.280. The Morgan fingerprint density at radius 2 is 1.68 bits per heavy atom. The highest BCUT2D eigenvalue weighted by Gasteiger charge is 2.18. The highest BCUT2D eigenvalue weighted by molar-refractivity contribution is 5.95. The fourth-order valence-electron chi connectivity index (χ4n) is 2.90. The number of carbonyl (C=O) groups is 1. The van der Waals surface area contributed by atoms with Gasteiger partial charge in [0, 0.05) is 5.56 Å². The van der Waals surface area contributed by atoms with Gasteiger partial charge in [-0.05, 0) is 41.5 Å². The molecule has 28 heavy (non-hydrogen) atoms. The molecule has 0 fully saturated rings. The maximum atomic E-state index is 12.9. The quantitative estimate of drug-likeness (QED) is 0.578. The molecule has 4 nitrogen and oxygen atoms in total. The van der Waals surface area contributed by atoms with E-state index in [0.29, 0.717) is 17.9 Å². The van der Waals surface area contributed by atoms with Crippen molar-refractivity contribution in [2.75, 3.05) is 13.7 Å². The summed E-state index contributed by atoms with van der Waals surface area (Å²) in [4.78, 5) is 12.9. The van der Waals surface area contributed by atoms with Gasteiger partial charge in [0.25, 0.3) is 5.91 Å². The Kier molecular flexibility index (Phi) is 6.47. The number of nitrogens with one attached hydrogen (secondary N) is 1. The molecule has 4 heteroatoms. The van der Waals surface area contributed by atoms with Gasteiger partial charge in [-0.1, -0.05) is 61.2 Å². The number of amides is 1. The first-order valence-corrected chi connectivity index (χ1v) is 9.05. The molecule has 0 unspecified atom stereocenters. The smallest absolute Gasteiger partial charge is 0.252 e. The second-order valence-electron chi connectivity index (χ2n) is 6.22. The van der Waals surface area contributed by atoms with Crippen molar-refractivity contribution in [3.8, 4) is 11.5 Å². The molecule has 3 aromatic rings. The van der Waals surface area contributed by atoms with Gasteiger partial charge in [-0.2, -0.15) is 0 Å². The van der Waals surface area contributed by atoms with Crippen LogP contribution in [0.2, 0.25) is 0 Å². The Labute approximate surface area is 165 Å². The lowest BCUT2D eigenvalue weighted by molar-refractivity contribution is 0.0942. The van der Waals surface area contributed by atoms with E-state index in [9.17, 15) is 4.79 Å². The number of carbonyl (C=O) groups excluding carboxylic acids is 1. The fraction of sp³-hybridized carbons (Fsp3) is 0.125. The number of ether oxygens (including phenoxy) is 2. The first-order chi connectivity index (χ1) is 13.7. The van der Waals surface area contributed by atoms with Crippen molar-refractivity contribution in [1.82, 2.24) is 5.32 Å². The highest BCUT2D eigenvalue weighted by atomic mass is 16.5. The van der Waals surface area contributed by atoms with Crippen LogP contribution in [0.25, 0.3) is 0 Å². The Morgan fingerprint density at radius 3 is 2.36 bits per heavy atom. The predicted molar refractivity (Wildman–Crippen MR) is 111 cm³/mol. The molecule has 0 saturated carbocycles. The van der Waals surface area contributed by atoms with E-state index in [1.165, 1.54) is 0 Å². The molecule has 1 atom stereocenters. The van der Waals surface area contributed by atoms with Gasteiger partial charge in [0.1, 0.15) is 18.1 Å². The molecule has 0 aliphatic carbocycles. The molecule has 0 spiro atoms. The fourth-order valence-corrected chi connectivity index (χ4v) is 2.90. The van der Waals surface area contributed by atoms with Crippen molar-refractivity contribution in [3.05, 3.63) is 108 Å². The Balaban J connectivity index is 1.86. The summed E-state index contributed by atoms with van der Waals surface area (Å²) in [6, 6.07) is 24.4. The second kappa shape index (κ2) is 9.42. The number of hydrogen-bond acceptors (Lipinski definition) is 3. The lowest BCUT2D eigenvalue weighted by Crippen LogP contribution is -2.29. The molecule has 0 aromatic heterocycles. The van der Waals surface area contributed by atoms with E-state index in [2.05, 4.69) is 11.9 Å². The van der Waals surface area contributed by atoms with Gasteiger partial charge in [-0.25, -0.2) is 0 Å². The van der Waals surface area contributed by atoms with Crippen LogP contribution < -0.4 is 14.8 Å². The van der Waals surface area contributed by atoms with Gasteiger partial charge >= 0.3 is 0 Å². The summed E-state index contributed by atoms with van der Waals surface area (Å²) in [5, 5.41) is 3.13. The van der Waals surface area contributed by atoms with Crippen LogP contribution in [0.4, 0.5) is 0 Å². The summed E-state index contributed by atoms with van der Waals surface area (Å²) >= 11 is 0. The third-order valence-corrected chi connectivity index (χ3v) is 4.32. The summed E-state index contributed by atoms with van der Waals surface area (Å²) in [5.74, 6) is 1.23. The van der Waals surface area contributed by atoms with Crippen LogP contribution in [0.15, 0.2) is 91.5 Å². The highest BCUT2D eigenvalue weighted by Crippen LogP contribution is 2.25. The Bertz CT molecular complexity index is 920. The molecule has 0 radical (unpaired) electrons. The van der Waals surface area contributed by atoms with E-state index >= 15 is 0 Å². The average molecular weight is 373 g/mol. The van der Waals surface area contributed by atoms with Crippen LogP contribution in [0.3, 0.4) is 0 Å². The molecule has 0 bridgehead atoms. The first-order valence-electron chi connectivity index (χ1n) is 9.05. The van der Waals surface area contributed by atoms with Gasteiger partial charge in [0.05, 0.1) is 13.2 Å². The van der Waals surface area contributed by atoms with Gasteiger partial charge in [0.2, 0.25) is 0 Å². The lowest BCUT2D eigenvalue weighted by atomic mass is 9.98. The normalized spacial score (nSPS) is 11.3. The van der Waals surface area contributed by atoms with Crippen molar-refractivity contribution in [2.24, 2.45) is 0 Å². The molecule has 3 rings (SSSR count). The summed E-state index contributed by atoms with van der Waals surface area (Å²) in [5.41, 5.74) is 2.51. The minimum Gasteiger partial charge on any atom is -0.497 e. The van der Waals surface area contributed by atoms with Gasteiger partial charge < -0.3 is 14.8 Å². The van der Waals surface area contributed by atoms with E-state index in [0.717, 1.165) is 16.9 Å². The van der Waals surface area contributed by atoms with Crippen LogP contribution in [-0.2, 0) is 0 Å². The minimum absolute atomic E-state index is 0.172. The van der Waals surface area contributed by atoms with E-state index in [1.54, 1.807) is 31.4 Å². The van der Waals surface area contributed by atoms with Crippen molar-refractivity contribution < 1.29 is 14.3 Å². The molecule has 142 valence electrons. The van der Waals surface area contributed by atoms with E-state index in [-0.39, 0.29) is 11.9 Å². The van der Waals surface area contributed by atoms with Crippen LogP contribution in [-0.4, -0.2) is 19.6 Å². The van der Waals surface area contributed by atoms with Crippen molar-refractivity contribution in [3.63, 3.8) is 0 Å². The largest absolute Gasteiger partial charge is 0.497 e. The average Bonchev–Trinajstić information content (AvgIpc) is 2.77. The van der Waals surface area contributed by atoms with Crippen LogP contribution in [0, 0.1) is 0 Å². The van der Waals surface area contributed by atoms with Crippen molar-refractivity contribution in [1.29, 1.82) is 0 Å². The zero-order valence-electron chi connectivity index (χ0n) is 15.8. The Morgan fingerprint density at radius 1 is 0.964 bits per heavy atom. The molecule has 0 aliphatic rings. The SMILES string of the molecule is C=CCOc1cccc(C(=O)N[C@@H](c2ccccc2)c2ccc(OC)cc2)c1. The summed E-state index contributed by atoms with van der Waals surface area (Å²) in [7, 11) is 1.63. The van der Waals surface area contributed by atoms with Crippen molar-refractivity contribution in [2.45, 2.75) is 6.04 Å². The molecule has 0 heterocycles. The zero-order valence-corrected chi connectivity index (χ0v) is 15.8. The Hall–Kier alpha value is -3.53. The standard InChI is InChI=1S/C24H23NO3/c1-3-16-28-22-11-7-10-20(17-22)24(26)25-23(18-8-5-4-6-9-18)19-12-14-21(27-2)15-13-19/h3-15,17,23H,1,16H2,2H3,(H,25,26)/t23-/m0/s1. The molecule has 1 N–H and O–H groups in total. The summed E-state index contributed by atoms with van der Waals surface area (Å²) in [6.07, 6.45) is 1.67. The maximum Gasteiger partial charge on any atom is 0.252 e. The third-order valence-electron chi connectivity index (χ3n) is 4.32. The van der Waals surface area contributed by atoms with E-state index < -0.39 is 0 Å².